The molecular weight excluding hydrogens is 368 g/mol. The summed E-state index contributed by atoms with van der Waals surface area (Å²) >= 11 is 0. The second kappa shape index (κ2) is 7.41. The van der Waals surface area contributed by atoms with E-state index in [0.29, 0.717) is 44.2 Å². The van der Waals surface area contributed by atoms with Gasteiger partial charge in [0.15, 0.2) is 9.84 Å². The number of nitrogens with zero attached hydrogens (tertiary/aromatic N) is 3. The van der Waals surface area contributed by atoms with E-state index in [2.05, 4.69) is 14.9 Å². The van der Waals surface area contributed by atoms with Crippen molar-refractivity contribution in [1.29, 1.82) is 0 Å². The number of nitrogen functional groups attached to an aromatic ring is 1. The zero-order chi connectivity index (χ0) is 18.9. The van der Waals surface area contributed by atoms with E-state index in [-0.39, 0.29) is 12.6 Å². The molecule has 0 unspecified atom stereocenters. The summed E-state index contributed by atoms with van der Waals surface area (Å²) in [6, 6.07) is 5.40. The molecule has 144 valence electrons. The molecule has 0 amide bonds. The summed E-state index contributed by atoms with van der Waals surface area (Å²) < 4.78 is 37.0. The van der Waals surface area contributed by atoms with E-state index in [4.69, 9.17) is 15.2 Å². The lowest BCUT2D eigenvalue weighted by atomic mass is 10.1. The molecule has 2 saturated heterocycles. The highest BCUT2D eigenvalue weighted by Gasteiger charge is 2.32. The van der Waals surface area contributed by atoms with Crippen molar-refractivity contribution in [1.82, 2.24) is 9.97 Å². The van der Waals surface area contributed by atoms with Crippen LogP contribution in [0.3, 0.4) is 0 Å². The maximum absolute atomic E-state index is 13.1. The van der Waals surface area contributed by atoms with Gasteiger partial charge >= 0.3 is 0 Å². The molecule has 2 aliphatic rings. The average Bonchev–Trinajstić information content (AvgIpc) is 3.25. The van der Waals surface area contributed by atoms with E-state index in [1.54, 1.807) is 24.5 Å². The Bertz CT molecular complexity index is 905. The second-order valence-electron chi connectivity index (χ2n) is 6.68. The Morgan fingerprint density at radius 1 is 1.00 bits per heavy atom. The van der Waals surface area contributed by atoms with Crippen LogP contribution in [0.15, 0.2) is 35.5 Å². The largest absolute Gasteiger partial charge is 0.380 e. The predicted molar refractivity (Wildman–Crippen MR) is 101 cm³/mol. The monoisotopic (exact) mass is 390 g/mol. The number of hydrogen-bond acceptors (Lipinski definition) is 8. The average molecular weight is 390 g/mol. The van der Waals surface area contributed by atoms with E-state index in [1.165, 1.54) is 0 Å². The van der Waals surface area contributed by atoms with Crippen LogP contribution in [0.25, 0.3) is 11.1 Å². The summed E-state index contributed by atoms with van der Waals surface area (Å²) in [5, 5.41) is -0.507. The maximum atomic E-state index is 13.1. The van der Waals surface area contributed by atoms with Crippen molar-refractivity contribution >= 4 is 21.5 Å². The standard InChI is InChI=1S/C18H22N4O4S/c19-18-20-10-14(11-21-18)13-7-15(22-2-5-25-6-3-22)9-17(8-13)27(23,24)16-1-4-26-12-16/h7-11,16H,1-6,12H2,(H2,19,20,21)/t16-/m0/s1. The van der Waals surface area contributed by atoms with Crippen LogP contribution in [-0.4, -0.2) is 63.2 Å². The maximum Gasteiger partial charge on any atom is 0.219 e. The highest BCUT2D eigenvalue weighted by atomic mass is 32.2. The molecule has 0 aliphatic carbocycles. The fraction of sp³-hybridized carbons (Fsp3) is 0.444. The second-order valence-corrected chi connectivity index (χ2v) is 8.90. The molecule has 2 N–H and O–H groups in total. The molecule has 1 aromatic heterocycles. The number of sulfone groups is 1. The molecular formula is C18H22N4O4S. The number of hydrogen-bond donors (Lipinski definition) is 1. The Morgan fingerprint density at radius 2 is 1.74 bits per heavy atom. The molecule has 1 atom stereocenters. The zero-order valence-electron chi connectivity index (χ0n) is 14.9. The first-order valence-electron chi connectivity index (χ1n) is 8.91. The van der Waals surface area contributed by atoms with Crippen molar-refractivity contribution in [2.24, 2.45) is 0 Å². The quantitative estimate of drug-likeness (QED) is 0.828. The van der Waals surface area contributed by atoms with Gasteiger partial charge in [0.2, 0.25) is 5.95 Å². The predicted octanol–water partition coefficient (Wildman–Crippen LogP) is 1.12. The number of aromatic nitrogens is 2. The third-order valence-electron chi connectivity index (χ3n) is 4.93. The van der Waals surface area contributed by atoms with Gasteiger partial charge in [0.1, 0.15) is 0 Å². The third kappa shape index (κ3) is 3.76. The van der Waals surface area contributed by atoms with Gasteiger partial charge in [-0.1, -0.05) is 0 Å². The Balaban J connectivity index is 1.79. The smallest absolute Gasteiger partial charge is 0.219 e. The number of ether oxygens (including phenoxy) is 2. The van der Waals surface area contributed by atoms with Gasteiger partial charge in [-0.15, -0.1) is 0 Å². The van der Waals surface area contributed by atoms with E-state index < -0.39 is 15.1 Å². The first-order valence-corrected chi connectivity index (χ1v) is 10.5. The number of rotatable bonds is 4. The summed E-state index contributed by atoms with van der Waals surface area (Å²) in [5.41, 5.74) is 7.90. The first kappa shape index (κ1) is 18.1. The molecule has 1 aromatic carbocycles. The molecule has 0 saturated carbocycles. The van der Waals surface area contributed by atoms with Gasteiger partial charge in [0.05, 0.1) is 30.0 Å². The first-order chi connectivity index (χ1) is 13.0. The summed E-state index contributed by atoms with van der Waals surface area (Å²) in [7, 11) is -3.49. The van der Waals surface area contributed by atoms with Crippen molar-refractivity contribution in [3.63, 3.8) is 0 Å². The van der Waals surface area contributed by atoms with Crippen LogP contribution >= 0.6 is 0 Å². The SMILES string of the molecule is Nc1ncc(-c2cc(N3CCOCC3)cc(S(=O)(=O)[C@H]3CCOC3)c2)cn1. The zero-order valence-corrected chi connectivity index (χ0v) is 15.7. The van der Waals surface area contributed by atoms with Crippen molar-refractivity contribution in [2.45, 2.75) is 16.6 Å². The molecule has 2 aliphatic heterocycles. The van der Waals surface area contributed by atoms with E-state index in [1.807, 2.05) is 6.07 Å². The van der Waals surface area contributed by atoms with Crippen LogP contribution in [0, 0.1) is 0 Å². The minimum Gasteiger partial charge on any atom is -0.380 e. The molecule has 0 bridgehead atoms. The van der Waals surface area contributed by atoms with Gasteiger partial charge in [-0.2, -0.15) is 0 Å². The van der Waals surface area contributed by atoms with Crippen LogP contribution < -0.4 is 10.6 Å². The lowest BCUT2D eigenvalue weighted by Crippen LogP contribution is -2.36. The molecule has 4 rings (SSSR count). The molecule has 0 radical (unpaired) electrons. The van der Waals surface area contributed by atoms with E-state index in [9.17, 15) is 8.42 Å². The number of nitrogens with two attached hydrogens (primary N) is 1. The molecule has 8 nitrogen and oxygen atoms in total. The Hall–Kier alpha value is -2.23. The normalized spacial score (nSPS) is 20.7. The summed E-state index contributed by atoms with van der Waals surface area (Å²) in [6.07, 6.45) is 3.73. The lowest BCUT2D eigenvalue weighted by molar-refractivity contribution is 0.122. The van der Waals surface area contributed by atoms with Gasteiger partial charge in [-0.25, -0.2) is 18.4 Å². The van der Waals surface area contributed by atoms with Gasteiger partial charge in [-0.05, 0) is 30.2 Å². The fourth-order valence-corrected chi connectivity index (χ4v) is 5.00. The van der Waals surface area contributed by atoms with E-state index in [0.717, 1.165) is 16.8 Å². The molecule has 3 heterocycles. The topological polar surface area (TPSA) is 108 Å². The number of morpholine rings is 1. The third-order valence-corrected chi connectivity index (χ3v) is 7.07. The molecule has 2 aromatic rings. The Kier molecular flexibility index (Phi) is 4.98. The van der Waals surface area contributed by atoms with Crippen molar-refractivity contribution in [3.8, 4) is 11.1 Å². The number of anilines is 2. The van der Waals surface area contributed by atoms with Gasteiger partial charge in [0, 0.05) is 43.3 Å². The highest BCUT2D eigenvalue weighted by Crippen LogP contribution is 2.32. The van der Waals surface area contributed by atoms with Crippen LogP contribution in [0.4, 0.5) is 11.6 Å². The van der Waals surface area contributed by atoms with Crippen molar-refractivity contribution in [3.05, 3.63) is 30.6 Å². The van der Waals surface area contributed by atoms with Crippen LogP contribution in [-0.2, 0) is 19.3 Å². The Morgan fingerprint density at radius 3 is 2.41 bits per heavy atom. The van der Waals surface area contributed by atoms with Gasteiger partial charge < -0.3 is 20.1 Å². The molecule has 2 fully saturated rings. The minimum atomic E-state index is -3.49. The Labute approximate surface area is 158 Å². The molecule has 0 spiro atoms. The molecule has 9 heteroatoms. The summed E-state index contributed by atoms with van der Waals surface area (Å²) in [4.78, 5) is 10.5. The summed E-state index contributed by atoms with van der Waals surface area (Å²) in [5.74, 6) is 0.180. The van der Waals surface area contributed by atoms with Crippen molar-refractivity contribution in [2.75, 3.05) is 50.2 Å². The van der Waals surface area contributed by atoms with Crippen LogP contribution in [0.1, 0.15) is 6.42 Å². The van der Waals surface area contributed by atoms with Gasteiger partial charge in [0.25, 0.3) is 0 Å². The van der Waals surface area contributed by atoms with Crippen molar-refractivity contribution < 1.29 is 17.9 Å². The fourth-order valence-electron chi connectivity index (χ4n) is 3.36. The molecule has 27 heavy (non-hydrogen) atoms. The van der Waals surface area contributed by atoms with Crippen LogP contribution in [0.5, 0.6) is 0 Å². The number of benzene rings is 1. The lowest BCUT2D eigenvalue weighted by Gasteiger charge is -2.29. The summed E-state index contributed by atoms with van der Waals surface area (Å²) in [6.45, 7) is 3.39. The van der Waals surface area contributed by atoms with Gasteiger partial charge in [-0.3, -0.25) is 0 Å². The minimum absolute atomic E-state index is 0.180. The highest BCUT2D eigenvalue weighted by molar-refractivity contribution is 7.92. The van der Waals surface area contributed by atoms with E-state index >= 15 is 0 Å². The van der Waals surface area contributed by atoms with Crippen LogP contribution in [0.2, 0.25) is 0 Å².